The van der Waals surface area contributed by atoms with Gasteiger partial charge in [-0.05, 0) is 11.6 Å². The molecular weight excluding hydrogens is 251 g/mol. The van der Waals surface area contributed by atoms with E-state index in [1.54, 1.807) is 6.08 Å². The Hall–Kier alpha value is -1.18. The van der Waals surface area contributed by atoms with Crippen LogP contribution >= 0.6 is 0 Å². The van der Waals surface area contributed by atoms with E-state index in [1.807, 2.05) is 30.3 Å². The molecule has 0 aliphatic carbocycles. The zero-order valence-corrected chi connectivity index (χ0v) is 11.7. The maximum Gasteiger partial charge on any atom is 1.00 e. The Morgan fingerprint density at radius 2 is 1.61 bits per heavy atom. The van der Waals surface area contributed by atoms with E-state index in [0.717, 1.165) is 11.6 Å². The van der Waals surface area contributed by atoms with Crippen LogP contribution in [0.25, 0.3) is 6.08 Å². The molecule has 0 bridgehead atoms. The first-order valence-electron chi connectivity index (χ1n) is 4.46. The molecule has 0 heterocycles. The Bertz CT molecular complexity index is 388. The van der Waals surface area contributed by atoms with E-state index in [-0.39, 0.29) is 29.6 Å². The second-order valence-electron chi connectivity index (χ2n) is 2.77. The van der Waals surface area contributed by atoms with Gasteiger partial charge in [0.2, 0.25) is 0 Å². The molecule has 0 radical (unpaired) electrons. The number of hydrogen-bond acceptors (Lipinski definition) is 5. The standard InChI is InChI=1S/C9H8O2.C2H4O4.Na/c10-9(11)7-6-8-4-2-1-3-5-8;3-1(4)2(5)6;/h1-7H,(H,10,11);1,3-4H,(H,5,6);/q;;+1/p-1. The molecule has 0 spiro atoms. The van der Waals surface area contributed by atoms with Crippen LogP contribution < -0.4 is 34.7 Å². The summed E-state index contributed by atoms with van der Waals surface area (Å²) in [7, 11) is 0. The minimum atomic E-state index is -2.34. The van der Waals surface area contributed by atoms with E-state index in [1.165, 1.54) is 0 Å². The molecule has 0 aliphatic rings. The third-order valence-corrected chi connectivity index (χ3v) is 1.43. The summed E-state index contributed by atoms with van der Waals surface area (Å²) in [5.74, 6) is -2.80. The predicted molar refractivity (Wildman–Crippen MR) is 56.3 cm³/mol. The number of aliphatic hydroxyl groups is 2. The van der Waals surface area contributed by atoms with Crippen LogP contribution in [0.1, 0.15) is 5.56 Å². The molecule has 0 fully saturated rings. The van der Waals surface area contributed by atoms with Gasteiger partial charge in [-0.1, -0.05) is 30.3 Å². The van der Waals surface area contributed by atoms with Crippen LogP contribution in [0.2, 0.25) is 0 Å². The minimum absolute atomic E-state index is 0. The van der Waals surface area contributed by atoms with Crippen LogP contribution in [0, 0.1) is 0 Å². The van der Waals surface area contributed by atoms with Gasteiger partial charge in [-0.15, -0.1) is 0 Å². The monoisotopic (exact) mass is 262 g/mol. The van der Waals surface area contributed by atoms with Crippen LogP contribution in [0.5, 0.6) is 0 Å². The van der Waals surface area contributed by atoms with Gasteiger partial charge in [0.05, 0.1) is 5.97 Å². The molecule has 0 aromatic heterocycles. The molecule has 0 saturated heterocycles. The molecule has 6 nitrogen and oxygen atoms in total. The summed E-state index contributed by atoms with van der Waals surface area (Å²) in [4.78, 5) is 19.2. The molecule has 92 valence electrons. The van der Waals surface area contributed by atoms with E-state index in [2.05, 4.69) is 0 Å². The fourth-order valence-electron chi connectivity index (χ4n) is 0.732. The largest absolute Gasteiger partial charge is 1.00 e. The molecule has 0 saturated carbocycles. The predicted octanol–water partition coefficient (Wildman–Crippen LogP) is -4.16. The molecule has 1 aromatic carbocycles. The van der Waals surface area contributed by atoms with Gasteiger partial charge in [-0.2, -0.15) is 0 Å². The van der Waals surface area contributed by atoms with E-state index >= 15 is 0 Å². The molecule has 0 aliphatic heterocycles. The van der Waals surface area contributed by atoms with Crippen LogP contribution in [0.15, 0.2) is 36.4 Å². The van der Waals surface area contributed by atoms with Crippen molar-refractivity contribution in [2.24, 2.45) is 0 Å². The van der Waals surface area contributed by atoms with Crippen molar-refractivity contribution in [3.63, 3.8) is 0 Å². The van der Waals surface area contributed by atoms with Crippen LogP contribution in [-0.4, -0.2) is 33.5 Å². The second-order valence-corrected chi connectivity index (χ2v) is 2.77. The molecule has 0 amide bonds. The molecular formula is C11H11NaO6. The molecule has 0 unspecified atom stereocenters. The Labute approximate surface area is 125 Å². The first kappa shape index (κ1) is 19.2. The normalized spacial score (nSPS) is 9.28. The van der Waals surface area contributed by atoms with Crippen molar-refractivity contribution in [2.45, 2.75) is 6.29 Å². The van der Waals surface area contributed by atoms with Crippen LogP contribution in [-0.2, 0) is 9.59 Å². The van der Waals surface area contributed by atoms with Gasteiger partial charge < -0.3 is 25.2 Å². The number of carboxylic acid groups (broad SMARTS) is 2. The number of carboxylic acids is 2. The zero-order chi connectivity index (χ0) is 13.3. The van der Waals surface area contributed by atoms with Crippen molar-refractivity contribution < 1.29 is 59.6 Å². The van der Waals surface area contributed by atoms with Gasteiger partial charge in [0.15, 0.2) is 6.29 Å². The average Bonchev–Trinajstić information content (AvgIpc) is 2.28. The number of rotatable bonds is 3. The summed E-state index contributed by atoms with van der Waals surface area (Å²) in [5, 5.41) is 32.4. The Kier molecular flexibility index (Phi) is 11.7. The number of aliphatic hydroxyl groups excluding tert-OH is 1. The number of carbonyl (C=O) groups excluding carboxylic acids is 1. The second kappa shape index (κ2) is 10.9. The van der Waals surface area contributed by atoms with Crippen molar-refractivity contribution in [3.05, 3.63) is 42.0 Å². The molecule has 7 heteroatoms. The first-order valence-corrected chi connectivity index (χ1v) is 4.46. The van der Waals surface area contributed by atoms with E-state index in [0.29, 0.717) is 0 Å². The summed E-state index contributed by atoms with van der Waals surface area (Å²) >= 11 is 0. The number of aliphatic carboxylic acids is 2. The van der Waals surface area contributed by atoms with Gasteiger partial charge >= 0.3 is 35.5 Å². The fourth-order valence-corrected chi connectivity index (χ4v) is 0.732. The first-order chi connectivity index (χ1) is 7.93. The zero-order valence-electron chi connectivity index (χ0n) is 9.69. The quantitative estimate of drug-likeness (QED) is 0.289. The summed E-state index contributed by atoms with van der Waals surface area (Å²) in [6.45, 7) is 0. The fraction of sp³-hybridized carbons (Fsp3) is 0.0909. The van der Waals surface area contributed by atoms with E-state index < -0.39 is 18.2 Å². The molecule has 1 aromatic rings. The number of carbonyl (C=O) groups is 2. The van der Waals surface area contributed by atoms with Crippen LogP contribution in [0.4, 0.5) is 0 Å². The van der Waals surface area contributed by atoms with Crippen molar-refractivity contribution >= 4 is 18.0 Å². The van der Waals surface area contributed by atoms with Crippen molar-refractivity contribution in [1.82, 2.24) is 0 Å². The smallest absolute Gasteiger partial charge is 0.545 e. The van der Waals surface area contributed by atoms with Gasteiger partial charge in [-0.25, -0.2) is 4.79 Å². The Balaban J connectivity index is 0. The average molecular weight is 262 g/mol. The molecule has 1 rings (SSSR count). The molecule has 3 N–H and O–H groups in total. The third-order valence-electron chi connectivity index (χ3n) is 1.43. The van der Waals surface area contributed by atoms with Gasteiger partial charge in [0.1, 0.15) is 0 Å². The van der Waals surface area contributed by atoms with Crippen molar-refractivity contribution in [2.75, 3.05) is 0 Å². The van der Waals surface area contributed by atoms with Gasteiger partial charge in [-0.3, -0.25) is 0 Å². The SMILES string of the molecule is O=C(O)C=Cc1ccccc1.O=C([O-])C(O)O.[Na+]. The maximum atomic E-state index is 10.1. The summed E-state index contributed by atoms with van der Waals surface area (Å²) in [6.07, 6.45) is 0.336. The maximum absolute atomic E-state index is 10.1. The van der Waals surface area contributed by atoms with Gasteiger partial charge in [0, 0.05) is 6.08 Å². The van der Waals surface area contributed by atoms with Crippen molar-refractivity contribution in [1.29, 1.82) is 0 Å². The third kappa shape index (κ3) is 11.3. The Morgan fingerprint density at radius 1 is 1.17 bits per heavy atom. The minimum Gasteiger partial charge on any atom is -0.545 e. The Morgan fingerprint density at radius 3 is 1.94 bits per heavy atom. The van der Waals surface area contributed by atoms with Crippen LogP contribution in [0.3, 0.4) is 0 Å². The molecule has 0 atom stereocenters. The molecule has 18 heavy (non-hydrogen) atoms. The van der Waals surface area contributed by atoms with Gasteiger partial charge in [0.25, 0.3) is 0 Å². The number of benzene rings is 1. The van der Waals surface area contributed by atoms with E-state index in [4.69, 9.17) is 25.2 Å². The summed E-state index contributed by atoms with van der Waals surface area (Å²) in [6, 6.07) is 9.31. The topological polar surface area (TPSA) is 118 Å². The van der Waals surface area contributed by atoms with Crippen molar-refractivity contribution in [3.8, 4) is 0 Å². The summed E-state index contributed by atoms with van der Waals surface area (Å²) < 4.78 is 0. The van der Waals surface area contributed by atoms with E-state index in [9.17, 15) is 4.79 Å². The summed E-state index contributed by atoms with van der Waals surface area (Å²) in [5.41, 5.74) is 0.898. The number of hydrogen-bond donors (Lipinski definition) is 3.